The van der Waals surface area contributed by atoms with Gasteiger partial charge < -0.3 is 15.2 Å². The minimum absolute atomic E-state index is 0.0159. The Morgan fingerprint density at radius 1 is 1.57 bits per heavy atom. The van der Waals surface area contributed by atoms with Gasteiger partial charge in [0, 0.05) is 38.0 Å². The number of likely N-dealkylation sites (tertiary alicyclic amines) is 1. The summed E-state index contributed by atoms with van der Waals surface area (Å²) in [6.45, 7) is 1.81. The van der Waals surface area contributed by atoms with E-state index in [1.807, 2.05) is 16.5 Å². The van der Waals surface area contributed by atoms with Crippen molar-refractivity contribution in [3.05, 3.63) is 28.2 Å². The molecule has 21 heavy (non-hydrogen) atoms. The maximum Gasteiger partial charge on any atom is 0.273 e. The van der Waals surface area contributed by atoms with Crippen molar-refractivity contribution in [1.29, 1.82) is 0 Å². The van der Waals surface area contributed by atoms with Crippen LogP contribution in [-0.4, -0.2) is 43.6 Å². The van der Waals surface area contributed by atoms with Gasteiger partial charge in [-0.2, -0.15) is 0 Å². The first kappa shape index (κ1) is 14.2. The standard InChI is InChI=1S/C13H18N6OS/c1-18-8-15-17-12(18)9-3-2-4-19(6-9)13(20)10-7-21-11(5-14)16-10/h7-9H,2-6,14H2,1H3. The van der Waals surface area contributed by atoms with E-state index in [-0.39, 0.29) is 11.8 Å². The summed E-state index contributed by atoms with van der Waals surface area (Å²) < 4.78 is 1.92. The SMILES string of the molecule is Cn1cnnc1C1CCCN(C(=O)c2csc(CN)n2)C1. The van der Waals surface area contributed by atoms with Crippen LogP contribution in [0.2, 0.25) is 0 Å². The Morgan fingerprint density at radius 2 is 2.43 bits per heavy atom. The fourth-order valence-corrected chi connectivity index (χ4v) is 3.35. The Bertz CT molecular complexity index is 636. The van der Waals surface area contributed by atoms with Crippen molar-refractivity contribution in [1.82, 2.24) is 24.6 Å². The zero-order chi connectivity index (χ0) is 14.8. The molecule has 1 fully saturated rings. The molecule has 112 valence electrons. The van der Waals surface area contributed by atoms with Crippen molar-refractivity contribution in [2.75, 3.05) is 13.1 Å². The smallest absolute Gasteiger partial charge is 0.273 e. The lowest BCUT2D eigenvalue weighted by atomic mass is 9.97. The van der Waals surface area contributed by atoms with Crippen molar-refractivity contribution >= 4 is 17.2 Å². The molecule has 8 heteroatoms. The first-order valence-electron chi connectivity index (χ1n) is 6.96. The van der Waals surface area contributed by atoms with E-state index in [0.29, 0.717) is 18.8 Å². The molecule has 3 rings (SSSR count). The van der Waals surface area contributed by atoms with Gasteiger partial charge in [-0.05, 0) is 12.8 Å². The monoisotopic (exact) mass is 306 g/mol. The van der Waals surface area contributed by atoms with Crippen LogP contribution in [0.15, 0.2) is 11.7 Å². The van der Waals surface area contributed by atoms with E-state index in [1.54, 1.807) is 11.7 Å². The number of hydrogen-bond donors (Lipinski definition) is 1. The Morgan fingerprint density at radius 3 is 3.10 bits per heavy atom. The summed E-state index contributed by atoms with van der Waals surface area (Å²) in [4.78, 5) is 18.7. The molecule has 1 amide bonds. The number of hydrogen-bond acceptors (Lipinski definition) is 6. The van der Waals surface area contributed by atoms with Gasteiger partial charge in [0.15, 0.2) is 0 Å². The van der Waals surface area contributed by atoms with Crippen LogP contribution in [-0.2, 0) is 13.6 Å². The van der Waals surface area contributed by atoms with E-state index < -0.39 is 0 Å². The lowest BCUT2D eigenvalue weighted by molar-refractivity contribution is 0.0698. The van der Waals surface area contributed by atoms with Crippen molar-refractivity contribution in [2.24, 2.45) is 12.8 Å². The van der Waals surface area contributed by atoms with Crippen LogP contribution in [0.1, 0.15) is 40.1 Å². The van der Waals surface area contributed by atoms with Crippen LogP contribution in [0.3, 0.4) is 0 Å². The van der Waals surface area contributed by atoms with Gasteiger partial charge in [-0.15, -0.1) is 21.5 Å². The van der Waals surface area contributed by atoms with E-state index >= 15 is 0 Å². The molecule has 0 radical (unpaired) electrons. The minimum Gasteiger partial charge on any atom is -0.337 e. The van der Waals surface area contributed by atoms with Crippen molar-refractivity contribution in [2.45, 2.75) is 25.3 Å². The Kier molecular flexibility index (Phi) is 3.98. The molecule has 1 atom stereocenters. The summed E-state index contributed by atoms with van der Waals surface area (Å²) in [7, 11) is 1.93. The molecule has 2 aromatic heterocycles. The minimum atomic E-state index is -0.0159. The average molecular weight is 306 g/mol. The fraction of sp³-hybridized carbons (Fsp3) is 0.538. The third kappa shape index (κ3) is 2.81. The zero-order valence-corrected chi connectivity index (χ0v) is 12.7. The highest BCUT2D eigenvalue weighted by Gasteiger charge is 2.28. The third-order valence-electron chi connectivity index (χ3n) is 3.77. The largest absolute Gasteiger partial charge is 0.337 e. The molecule has 1 aliphatic heterocycles. The predicted octanol–water partition coefficient (Wildman–Crippen LogP) is 0.750. The molecular formula is C13H18N6OS. The molecule has 2 aromatic rings. The number of aryl methyl sites for hydroxylation is 1. The lowest BCUT2D eigenvalue weighted by Gasteiger charge is -2.31. The van der Waals surface area contributed by atoms with Crippen molar-refractivity contribution in [3.63, 3.8) is 0 Å². The summed E-state index contributed by atoms with van der Waals surface area (Å²) in [6.07, 6.45) is 3.70. The summed E-state index contributed by atoms with van der Waals surface area (Å²) >= 11 is 1.43. The molecule has 1 aliphatic rings. The Labute approximate surface area is 126 Å². The molecule has 0 aromatic carbocycles. The van der Waals surface area contributed by atoms with Gasteiger partial charge in [-0.3, -0.25) is 4.79 Å². The maximum absolute atomic E-state index is 12.5. The average Bonchev–Trinajstić information content (AvgIpc) is 3.15. The van der Waals surface area contributed by atoms with Crippen LogP contribution in [0.25, 0.3) is 0 Å². The molecule has 0 saturated carbocycles. The van der Waals surface area contributed by atoms with Crippen LogP contribution in [0.5, 0.6) is 0 Å². The quantitative estimate of drug-likeness (QED) is 0.903. The number of carbonyl (C=O) groups is 1. The van der Waals surface area contributed by atoms with Gasteiger partial charge >= 0.3 is 0 Å². The second-order valence-electron chi connectivity index (χ2n) is 5.22. The first-order valence-corrected chi connectivity index (χ1v) is 7.84. The van der Waals surface area contributed by atoms with Gasteiger partial charge in [-0.1, -0.05) is 0 Å². The normalized spacial score (nSPS) is 19.0. The number of amides is 1. The number of piperidine rings is 1. The summed E-state index contributed by atoms with van der Waals surface area (Å²) in [5.41, 5.74) is 6.05. The van der Waals surface area contributed by atoms with Crippen molar-refractivity contribution < 1.29 is 4.79 Å². The predicted molar refractivity (Wildman–Crippen MR) is 78.9 cm³/mol. The summed E-state index contributed by atoms with van der Waals surface area (Å²) in [5, 5.41) is 10.7. The van der Waals surface area contributed by atoms with Gasteiger partial charge in [0.2, 0.25) is 0 Å². The second kappa shape index (κ2) is 5.90. The molecule has 2 N–H and O–H groups in total. The second-order valence-corrected chi connectivity index (χ2v) is 6.16. The molecule has 0 aliphatic carbocycles. The number of rotatable bonds is 3. The van der Waals surface area contributed by atoms with Crippen molar-refractivity contribution in [3.8, 4) is 0 Å². The van der Waals surface area contributed by atoms with Crippen LogP contribution >= 0.6 is 11.3 Å². The lowest BCUT2D eigenvalue weighted by Crippen LogP contribution is -2.39. The summed E-state index contributed by atoms with van der Waals surface area (Å²) in [6, 6.07) is 0. The van der Waals surface area contributed by atoms with Gasteiger partial charge in [0.25, 0.3) is 5.91 Å². The highest BCUT2D eigenvalue weighted by atomic mass is 32.1. The van der Waals surface area contributed by atoms with Gasteiger partial charge in [0.05, 0.1) is 0 Å². The number of aromatic nitrogens is 4. The maximum atomic E-state index is 12.5. The molecule has 3 heterocycles. The number of nitrogens with two attached hydrogens (primary N) is 1. The van der Waals surface area contributed by atoms with E-state index in [4.69, 9.17) is 5.73 Å². The molecule has 0 bridgehead atoms. The molecular weight excluding hydrogens is 288 g/mol. The zero-order valence-electron chi connectivity index (χ0n) is 11.9. The highest BCUT2D eigenvalue weighted by molar-refractivity contribution is 7.09. The van der Waals surface area contributed by atoms with Crippen LogP contribution in [0, 0.1) is 0 Å². The molecule has 7 nitrogen and oxygen atoms in total. The third-order valence-corrected chi connectivity index (χ3v) is 4.64. The Hall–Kier alpha value is -1.80. The molecule has 1 saturated heterocycles. The van der Waals surface area contributed by atoms with E-state index in [0.717, 1.165) is 30.2 Å². The van der Waals surface area contributed by atoms with Crippen LogP contribution in [0.4, 0.5) is 0 Å². The molecule has 0 spiro atoms. The number of carbonyl (C=O) groups excluding carboxylic acids is 1. The fourth-order valence-electron chi connectivity index (χ4n) is 2.70. The van der Waals surface area contributed by atoms with Gasteiger partial charge in [-0.25, -0.2) is 4.98 Å². The van der Waals surface area contributed by atoms with E-state index in [1.165, 1.54) is 11.3 Å². The van der Waals surface area contributed by atoms with E-state index in [9.17, 15) is 4.79 Å². The molecule has 1 unspecified atom stereocenters. The highest BCUT2D eigenvalue weighted by Crippen LogP contribution is 2.26. The number of nitrogens with zero attached hydrogens (tertiary/aromatic N) is 5. The topological polar surface area (TPSA) is 89.9 Å². The Balaban J connectivity index is 1.73. The first-order chi connectivity index (χ1) is 10.2. The number of thiazole rings is 1. The summed E-state index contributed by atoms with van der Waals surface area (Å²) in [5.74, 6) is 1.16. The van der Waals surface area contributed by atoms with E-state index in [2.05, 4.69) is 15.2 Å². The van der Waals surface area contributed by atoms with Gasteiger partial charge in [0.1, 0.15) is 22.9 Å². The van der Waals surface area contributed by atoms with Crippen LogP contribution < -0.4 is 5.73 Å².